The minimum Gasteiger partial charge on any atom is -0.465 e. The standard InChI is InChI=1S/C16H14F3NO6S2/c1-8-11(13(21)25-2)15(27-12(8)14(22)26-3)28(23,24)20-10-7-5-4-6-9(10)16(17,18)19/h4-7,20H,1-3H3. The molecule has 0 radical (unpaired) electrons. The molecule has 2 rings (SSSR count). The van der Waals surface area contributed by atoms with Crippen LogP contribution in [0.3, 0.4) is 0 Å². The monoisotopic (exact) mass is 437 g/mol. The molecule has 2 aromatic rings. The third kappa shape index (κ3) is 4.12. The molecule has 0 amide bonds. The summed E-state index contributed by atoms with van der Waals surface area (Å²) in [6, 6.07) is 3.96. The van der Waals surface area contributed by atoms with E-state index in [1.54, 1.807) is 0 Å². The molecule has 1 N–H and O–H groups in total. The summed E-state index contributed by atoms with van der Waals surface area (Å²) in [5, 5.41) is 0. The van der Waals surface area contributed by atoms with Crippen LogP contribution >= 0.6 is 11.3 Å². The number of carbonyl (C=O) groups is 2. The van der Waals surface area contributed by atoms with E-state index in [1.165, 1.54) is 13.0 Å². The van der Waals surface area contributed by atoms with Gasteiger partial charge in [0.05, 0.1) is 31.0 Å². The van der Waals surface area contributed by atoms with E-state index in [-0.39, 0.29) is 10.4 Å². The van der Waals surface area contributed by atoms with Crippen LogP contribution in [0.4, 0.5) is 18.9 Å². The minimum absolute atomic E-state index is 0.0202. The predicted molar refractivity (Wildman–Crippen MR) is 94.0 cm³/mol. The molecule has 0 spiro atoms. The van der Waals surface area contributed by atoms with Crippen molar-refractivity contribution in [2.45, 2.75) is 17.3 Å². The summed E-state index contributed by atoms with van der Waals surface area (Å²) < 4.78 is 75.2. The smallest absolute Gasteiger partial charge is 0.418 e. The van der Waals surface area contributed by atoms with Gasteiger partial charge < -0.3 is 9.47 Å². The van der Waals surface area contributed by atoms with Gasteiger partial charge in [-0.05, 0) is 24.6 Å². The van der Waals surface area contributed by atoms with Crippen LogP contribution < -0.4 is 4.72 Å². The maximum absolute atomic E-state index is 13.1. The zero-order chi connectivity index (χ0) is 21.3. The van der Waals surface area contributed by atoms with E-state index in [2.05, 4.69) is 9.47 Å². The number of alkyl halides is 3. The van der Waals surface area contributed by atoms with Crippen LogP contribution in [0.2, 0.25) is 0 Å². The number of benzene rings is 1. The van der Waals surface area contributed by atoms with Gasteiger partial charge in [-0.3, -0.25) is 4.72 Å². The lowest BCUT2D eigenvalue weighted by Crippen LogP contribution is -2.18. The number of ether oxygens (including phenoxy) is 2. The van der Waals surface area contributed by atoms with Gasteiger partial charge in [-0.25, -0.2) is 18.0 Å². The SMILES string of the molecule is COC(=O)c1sc(S(=O)(=O)Nc2ccccc2C(F)(F)F)c(C(=O)OC)c1C. The fourth-order valence-electron chi connectivity index (χ4n) is 2.31. The summed E-state index contributed by atoms with van der Waals surface area (Å²) in [5.74, 6) is -1.96. The van der Waals surface area contributed by atoms with E-state index >= 15 is 0 Å². The molecule has 0 bridgehead atoms. The van der Waals surface area contributed by atoms with Gasteiger partial charge in [0.25, 0.3) is 10.0 Å². The lowest BCUT2D eigenvalue weighted by atomic mass is 10.2. The Kier molecular flexibility index (Phi) is 6.04. The van der Waals surface area contributed by atoms with E-state index in [0.717, 1.165) is 26.4 Å². The van der Waals surface area contributed by atoms with E-state index in [0.29, 0.717) is 17.4 Å². The van der Waals surface area contributed by atoms with E-state index in [1.807, 2.05) is 4.72 Å². The van der Waals surface area contributed by atoms with Crippen molar-refractivity contribution in [2.75, 3.05) is 18.9 Å². The quantitative estimate of drug-likeness (QED) is 0.720. The van der Waals surface area contributed by atoms with Crippen molar-refractivity contribution in [3.05, 3.63) is 45.8 Å². The average molecular weight is 437 g/mol. The number of carbonyl (C=O) groups excluding carboxylic acids is 2. The van der Waals surface area contributed by atoms with Crippen molar-refractivity contribution in [3.63, 3.8) is 0 Å². The van der Waals surface area contributed by atoms with Gasteiger partial charge in [0.15, 0.2) is 4.21 Å². The number of halogens is 3. The second-order valence-electron chi connectivity index (χ2n) is 5.35. The molecule has 7 nitrogen and oxygen atoms in total. The Labute approximate surface area is 162 Å². The molecule has 0 saturated carbocycles. The number of thiophene rings is 1. The van der Waals surface area contributed by atoms with Gasteiger partial charge in [0.2, 0.25) is 0 Å². The molecule has 0 aliphatic heterocycles. The molecule has 152 valence electrons. The molecular formula is C16H14F3NO6S2. The van der Waals surface area contributed by atoms with Crippen LogP contribution in [0.5, 0.6) is 0 Å². The Hall–Kier alpha value is -2.60. The highest BCUT2D eigenvalue weighted by molar-refractivity contribution is 7.94. The van der Waals surface area contributed by atoms with Crippen molar-refractivity contribution >= 4 is 39.0 Å². The van der Waals surface area contributed by atoms with Gasteiger partial charge in [-0.15, -0.1) is 11.3 Å². The number of esters is 2. The fourth-order valence-corrected chi connectivity index (χ4v) is 5.14. The Balaban J connectivity index is 2.64. The molecule has 1 aromatic heterocycles. The first-order chi connectivity index (χ1) is 12.9. The van der Waals surface area contributed by atoms with Gasteiger partial charge >= 0.3 is 18.1 Å². The second-order valence-corrected chi connectivity index (χ2v) is 8.25. The molecule has 0 aliphatic carbocycles. The van der Waals surface area contributed by atoms with Crippen LogP contribution in [0.15, 0.2) is 28.5 Å². The van der Waals surface area contributed by atoms with Crippen LogP contribution in [0, 0.1) is 6.92 Å². The molecule has 0 atom stereocenters. The maximum Gasteiger partial charge on any atom is 0.418 e. The first-order valence-corrected chi connectivity index (χ1v) is 9.73. The molecule has 1 aromatic carbocycles. The topological polar surface area (TPSA) is 98.8 Å². The Bertz CT molecular complexity index is 1030. The lowest BCUT2D eigenvalue weighted by Gasteiger charge is -2.14. The van der Waals surface area contributed by atoms with Gasteiger partial charge in [0, 0.05) is 0 Å². The number of nitrogens with one attached hydrogen (secondary N) is 1. The molecule has 12 heteroatoms. The van der Waals surface area contributed by atoms with Crippen molar-refractivity contribution in [1.82, 2.24) is 0 Å². The van der Waals surface area contributed by atoms with E-state index < -0.39 is 49.2 Å². The van der Waals surface area contributed by atoms with Crippen LogP contribution in [0.1, 0.15) is 31.2 Å². The number of para-hydroxylation sites is 1. The summed E-state index contributed by atoms with van der Waals surface area (Å²) in [7, 11) is -2.60. The number of hydrogen-bond donors (Lipinski definition) is 1. The highest BCUT2D eigenvalue weighted by Crippen LogP contribution is 2.38. The Morgan fingerprint density at radius 2 is 1.64 bits per heavy atom. The largest absolute Gasteiger partial charge is 0.465 e. The lowest BCUT2D eigenvalue weighted by molar-refractivity contribution is -0.136. The summed E-state index contributed by atoms with van der Waals surface area (Å²) in [4.78, 5) is 23.7. The average Bonchev–Trinajstić information content (AvgIpc) is 2.98. The molecule has 1 heterocycles. The third-order valence-electron chi connectivity index (χ3n) is 3.60. The number of sulfonamides is 1. The maximum atomic E-state index is 13.1. The van der Waals surface area contributed by atoms with Crippen LogP contribution in [-0.4, -0.2) is 34.6 Å². The third-order valence-corrected chi connectivity index (χ3v) is 6.75. The summed E-state index contributed by atoms with van der Waals surface area (Å²) >= 11 is 0.395. The minimum atomic E-state index is -4.81. The summed E-state index contributed by atoms with van der Waals surface area (Å²) in [6.45, 7) is 1.30. The van der Waals surface area contributed by atoms with Crippen LogP contribution in [0.25, 0.3) is 0 Å². The number of anilines is 1. The highest BCUT2D eigenvalue weighted by atomic mass is 32.2. The van der Waals surface area contributed by atoms with Gasteiger partial charge in [0.1, 0.15) is 4.88 Å². The van der Waals surface area contributed by atoms with Crippen LogP contribution in [-0.2, 0) is 25.7 Å². The highest BCUT2D eigenvalue weighted by Gasteiger charge is 2.37. The molecule has 0 aliphatic rings. The molecular weight excluding hydrogens is 423 g/mol. The number of methoxy groups -OCH3 is 2. The second kappa shape index (κ2) is 7.80. The zero-order valence-corrected chi connectivity index (χ0v) is 16.3. The first kappa shape index (κ1) is 21.7. The molecule has 0 unspecified atom stereocenters. The fraction of sp³-hybridized carbons (Fsp3) is 0.250. The normalized spacial score (nSPS) is 11.8. The first-order valence-electron chi connectivity index (χ1n) is 7.43. The molecule has 28 heavy (non-hydrogen) atoms. The predicted octanol–water partition coefficient (Wildman–Crippen LogP) is 3.45. The van der Waals surface area contributed by atoms with E-state index in [4.69, 9.17) is 0 Å². The molecule has 0 fully saturated rings. The summed E-state index contributed by atoms with van der Waals surface area (Å²) in [6.07, 6.45) is -4.81. The number of rotatable bonds is 5. The van der Waals surface area contributed by atoms with Crippen molar-refractivity contribution in [2.24, 2.45) is 0 Å². The van der Waals surface area contributed by atoms with Gasteiger partial charge in [-0.2, -0.15) is 13.2 Å². The zero-order valence-electron chi connectivity index (χ0n) is 14.7. The van der Waals surface area contributed by atoms with Gasteiger partial charge in [-0.1, -0.05) is 12.1 Å². The van der Waals surface area contributed by atoms with Crippen molar-refractivity contribution < 1.29 is 40.7 Å². The Morgan fingerprint density at radius 3 is 2.18 bits per heavy atom. The number of hydrogen-bond acceptors (Lipinski definition) is 7. The Morgan fingerprint density at radius 1 is 1.07 bits per heavy atom. The van der Waals surface area contributed by atoms with Crippen molar-refractivity contribution in [3.8, 4) is 0 Å². The summed E-state index contributed by atoms with van der Waals surface area (Å²) in [5.41, 5.74) is -2.41. The van der Waals surface area contributed by atoms with E-state index in [9.17, 15) is 31.2 Å². The molecule has 0 saturated heterocycles. The van der Waals surface area contributed by atoms with Crippen molar-refractivity contribution in [1.29, 1.82) is 0 Å².